The minimum absolute atomic E-state index is 0.179. The van der Waals surface area contributed by atoms with Crippen molar-refractivity contribution in [2.75, 3.05) is 0 Å². The van der Waals surface area contributed by atoms with E-state index >= 15 is 0 Å². The van der Waals surface area contributed by atoms with E-state index in [2.05, 4.69) is 94.9 Å². The Morgan fingerprint density at radius 2 is 0.765 bits per heavy atom. The van der Waals surface area contributed by atoms with E-state index in [0.717, 1.165) is 66.9 Å². The van der Waals surface area contributed by atoms with Gasteiger partial charge in [0.2, 0.25) is 0 Å². The maximum atomic E-state index is 13.8. The van der Waals surface area contributed by atoms with Crippen LogP contribution in [0.25, 0.3) is 78.3 Å². The molecule has 3 heterocycles. The lowest BCUT2D eigenvalue weighted by molar-refractivity contribution is 0.627. The third kappa shape index (κ3) is 9.84. The summed E-state index contributed by atoms with van der Waals surface area (Å²) >= 11 is 0. The van der Waals surface area contributed by atoms with Crippen molar-refractivity contribution in [1.82, 2.24) is 15.0 Å². The lowest BCUT2D eigenvalue weighted by Gasteiger charge is -2.18. The van der Waals surface area contributed by atoms with Crippen molar-refractivity contribution < 1.29 is 17.0 Å². The quantitative estimate of drug-likeness (QED) is 0.116. The zero-order valence-corrected chi connectivity index (χ0v) is 37.1. The summed E-state index contributed by atoms with van der Waals surface area (Å²) in [4.78, 5) is 14.3. The van der Waals surface area contributed by atoms with E-state index in [-0.39, 0.29) is 11.1 Å². The average molecular weight is 892 g/mol. The first-order valence-electron chi connectivity index (χ1n) is 25.7. The molecule has 10 aromatic rings. The third-order valence-electron chi connectivity index (χ3n) is 12.5. The summed E-state index contributed by atoms with van der Waals surface area (Å²) in [6.07, 6.45) is 6.82. The minimum Gasteiger partial charge on any atom is -0.256 e. The zero-order valence-electron chi connectivity index (χ0n) is 43.1. The molecule has 3 aromatic heterocycles. The van der Waals surface area contributed by atoms with E-state index < -0.39 is 25.3 Å². The van der Waals surface area contributed by atoms with Crippen LogP contribution in [-0.4, -0.2) is 15.0 Å². The van der Waals surface area contributed by atoms with E-state index in [4.69, 9.17) is 13.2 Å². The normalized spacial score (nSPS) is 12.9. The van der Waals surface area contributed by atoms with Gasteiger partial charge in [0, 0.05) is 49.1 Å². The van der Waals surface area contributed by atoms with Gasteiger partial charge in [-0.1, -0.05) is 127 Å². The SMILES string of the molecule is [2H]C([2H])([2H])c1cc(-c2ccc(F)cc2)ncc1CCc1cc(CCc2cnc(-c3ccc(F)cc3)cc2C([2H])([2H])[2H])cc(-c2ccccc2-c2cnc(-c3ccccc3)cc2-c2ccc(-c3ccccc3)cc2)c1. The molecule has 0 saturated carbocycles. The van der Waals surface area contributed by atoms with Crippen molar-refractivity contribution in [3.63, 3.8) is 0 Å². The van der Waals surface area contributed by atoms with Crippen LogP contribution in [0.2, 0.25) is 0 Å². The Balaban J connectivity index is 1.06. The van der Waals surface area contributed by atoms with Gasteiger partial charge in [-0.05, 0) is 178 Å². The highest BCUT2D eigenvalue weighted by atomic mass is 19.1. The predicted octanol–water partition coefficient (Wildman–Crippen LogP) is 16.0. The summed E-state index contributed by atoms with van der Waals surface area (Å²) in [5, 5.41) is 0. The molecular formula is C63H49F2N3. The highest BCUT2D eigenvalue weighted by Crippen LogP contribution is 2.41. The predicted molar refractivity (Wildman–Crippen MR) is 275 cm³/mol. The monoisotopic (exact) mass is 891 g/mol. The van der Waals surface area contributed by atoms with Gasteiger partial charge >= 0.3 is 0 Å². The number of nitrogens with zero attached hydrogens (tertiary/aromatic N) is 3. The molecular weight excluding hydrogens is 837 g/mol. The Hall–Kier alpha value is -8.15. The van der Waals surface area contributed by atoms with Crippen LogP contribution in [0.15, 0.2) is 213 Å². The summed E-state index contributed by atoms with van der Waals surface area (Å²) in [5.41, 5.74) is 15.4. The van der Waals surface area contributed by atoms with Crippen LogP contribution in [0.4, 0.5) is 8.78 Å². The van der Waals surface area contributed by atoms with Gasteiger partial charge in [0.25, 0.3) is 0 Å². The fourth-order valence-corrected chi connectivity index (χ4v) is 8.81. The standard InChI is InChI=1S/C63H49F2N3/c1-42-33-61(50-25-29-55(64)30-26-50)66-39-52(42)19-17-44-35-45(18-20-53-40-67-62(34-43(53)2)51-27-31-56(65)32-28-51)37-54(36-44)57-15-9-10-16-58(57)60-41-68-63(49-13-7-4-8-14-49)38-59(60)48-23-21-47(22-24-48)46-11-5-3-6-12-46/h3-16,21-41H,17-20H2,1-2H3/i1D3,2D3. The van der Waals surface area contributed by atoms with Gasteiger partial charge in [0.15, 0.2) is 0 Å². The van der Waals surface area contributed by atoms with Gasteiger partial charge in [-0.15, -0.1) is 0 Å². The molecule has 0 aliphatic heterocycles. The smallest absolute Gasteiger partial charge is 0.123 e. The lowest BCUT2D eigenvalue weighted by Crippen LogP contribution is -2.01. The van der Waals surface area contributed by atoms with E-state index in [9.17, 15) is 8.78 Å². The summed E-state index contributed by atoms with van der Waals surface area (Å²) in [6, 6.07) is 60.6. The van der Waals surface area contributed by atoms with Crippen LogP contribution < -0.4 is 0 Å². The molecule has 68 heavy (non-hydrogen) atoms. The first-order chi connectivity index (χ1) is 35.7. The Labute approximate surface area is 406 Å². The zero-order chi connectivity index (χ0) is 51.4. The number of aromatic nitrogens is 3. The van der Waals surface area contributed by atoms with Crippen LogP contribution in [-0.2, 0) is 25.7 Å². The second kappa shape index (κ2) is 19.8. The van der Waals surface area contributed by atoms with Gasteiger partial charge in [-0.2, -0.15) is 0 Å². The van der Waals surface area contributed by atoms with Crippen molar-refractivity contribution in [1.29, 1.82) is 0 Å². The van der Waals surface area contributed by atoms with Crippen molar-refractivity contribution in [3.05, 3.63) is 258 Å². The molecule has 0 radical (unpaired) electrons. The van der Waals surface area contributed by atoms with Gasteiger partial charge in [0.1, 0.15) is 11.6 Å². The van der Waals surface area contributed by atoms with Crippen LogP contribution >= 0.6 is 0 Å². The molecule has 3 nitrogen and oxygen atoms in total. The Morgan fingerprint density at radius 3 is 1.31 bits per heavy atom. The van der Waals surface area contributed by atoms with Crippen LogP contribution in [0.1, 0.15) is 41.6 Å². The lowest BCUT2D eigenvalue weighted by atomic mass is 9.87. The van der Waals surface area contributed by atoms with Crippen LogP contribution in [0.5, 0.6) is 0 Å². The number of rotatable bonds is 13. The summed E-state index contributed by atoms with van der Waals surface area (Å²) in [7, 11) is 0. The first kappa shape index (κ1) is 37.0. The Morgan fingerprint density at radius 1 is 0.338 bits per heavy atom. The highest BCUT2D eigenvalue weighted by molar-refractivity contribution is 5.93. The molecule has 7 aromatic carbocycles. The molecule has 10 rings (SSSR count). The molecule has 0 N–H and O–H groups in total. The second-order valence-corrected chi connectivity index (χ2v) is 17.0. The average Bonchev–Trinajstić information content (AvgIpc) is 3.42. The highest BCUT2D eigenvalue weighted by Gasteiger charge is 2.17. The molecule has 0 spiro atoms. The van der Waals surface area contributed by atoms with Gasteiger partial charge in [0.05, 0.1) is 17.1 Å². The van der Waals surface area contributed by atoms with Crippen LogP contribution in [0, 0.1) is 25.3 Å². The molecule has 0 aliphatic rings. The largest absolute Gasteiger partial charge is 0.256 e. The molecule has 0 amide bonds. The van der Waals surface area contributed by atoms with E-state index in [1.807, 2.05) is 54.7 Å². The molecule has 0 atom stereocenters. The van der Waals surface area contributed by atoms with Gasteiger partial charge < -0.3 is 0 Å². The molecule has 0 unspecified atom stereocenters. The molecule has 330 valence electrons. The maximum absolute atomic E-state index is 13.8. The summed E-state index contributed by atoms with van der Waals surface area (Å²) < 4.78 is 78.8. The molecule has 5 heteroatoms. The number of hydrogen-bond acceptors (Lipinski definition) is 3. The van der Waals surface area contributed by atoms with Crippen LogP contribution in [0.3, 0.4) is 0 Å². The number of halogens is 2. The topological polar surface area (TPSA) is 38.7 Å². The maximum Gasteiger partial charge on any atom is 0.123 e. The number of hydrogen-bond donors (Lipinski definition) is 0. The van der Waals surface area contributed by atoms with Gasteiger partial charge in [-0.25, -0.2) is 8.78 Å². The Kier molecular flexibility index (Phi) is 10.7. The van der Waals surface area contributed by atoms with Crippen molar-refractivity contribution in [3.8, 4) is 78.3 Å². The number of pyridine rings is 3. The second-order valence-electron chi connectivity index (χ2n) is 17.0. The minimum atomic E-state index is -2.44. The first-order valence-corrected chi connectivity index (χ1v) is 22.7. The van der Waals surface area contributed by atoms with E-state index in [0.29, 0.717) is 59.3 Å². The number of aryl methyl sites for hydroxylation is 6. The van der Waals surface area contributed by atoms with Crippen molar-refractivity contribution >= 4 is 0 Å². The summed E-state index contributed by atoms with van der Waals surface area (Å²) in [5.74, 6) is -0.793. The number of benzene rings is 7. The fourth-order valence-electron chi connectivity index (χ4n) is 8.81. The molecule has 0 saturated heterocycles. The third-order valence-corrected chi connectivity index (χ3v) is 12.5. The van der Waals surface area contributed by atoms with E-state index in [1.54, 1.807) is 48.8 Å². The molecule has 0 bridgehead atoms. The van der Waals surface area contributed by atoms with E-state index in [1.165, 1.54) is 24.3 Å². The van der Waals surface area contributed by atoms with Gasteiger partial charge in [-0.3, -0.25) is 15.0 Å². The van der Waals surface area contributed by atoms with Crippen molar-refractivity contribution in [2.45, 2.75) is 39.4 Å². The summed E-state index contributed by atoms with van der Waals surface area (Å²) in [6.45, 7) is -4.88. The molecule has 0 aliphatic carbocycles. The van der Waals surface area contributed by atoms with Crippen molar-refractivity contribution in [2.24, 2.45) is 0 Å². The Bertz CT molecular complexity index is 3450. The molecule has 0 fully saturated rings. The fraction of sp³-hybridized carbons (Fsp3) is 0.0952.